The van der Waals surface area contributed by atoms with Crippen LogP contribution in [0.2, 0.25) is 10.0 Å². The minimum Gasteiger partial charge on any atom is -0.346 e. The van der Waals surface area contributed by atoms with Crippen LogP contribution in [0.4, 0.5) is 0 Å². The van der Waals surface area contributed by atoms with Gasteiger partial charge < -0.3 is 9.88 Å². The van der Waals surface area contributed by atoms with Crippen LogP contribution in [-0.4, -0.2) is 28.6 Å². The average molecular weight is 395 g/mol. The Balaban J connectivity index is 2.20. The van der Waals surface area contributed by atoms with Crippen molar-refractivity contribution >= 4 is 41.2 Å². The lowest BCUT2D eigenvalue weighted by Crippen LogP contribution is -2.41. The molecule has 0 fully saturated rings. The molecule has 1 aromatic heterocycles. The second-order valence-corrected chi connectivity index (χ2v) is 6.99. The van der Waals surface area contributed by atoms with E-state index < -0.39 is 11.8 Å². The number of aromatic nitrogens is 1. The summed E-state index contributed by atoms with van der Waals surface area (Å²) < 4.78 is 1.98. The molecular weight excluding hydrogens is 375 g/mol. The Kier molecular flexibility index (Phi) is 6.45. The molecule has 2 amide bonds. The highest BCUT2D eigenvalue weighted by molar-refractivity contribution is 6.35. The average Bonchev–Trinajstić information content (AvgIpc) is 2.79. The summed E-state index contributed by atoms with van der Waals surface area (Å²) in [6, 6.07) is 7.08. The SMILES string of the molecule is Cc1cc(/C=N\NC(=O)C(=O)NC(C)C)c(C)n1-c1cc(Cl)cc(Cl)c1. The molecule has 8 heteroatoms. The van der Waals surface area contributed by atoms with E-state index in [1.54, 1.807) is 19.9 Å². The van der Waals surface area contributed by atoms with Crippen LogP contribution in [0.15, 0.2) is 29.4 Å². The van der Waals surface area contributed by atoms with Crippen LogP contribution >= 0.6 is 23.2 Å². The molecule has 0 aliphatic carbocycles. The summed E-state index contributed by atoms with van der Waals surface area (Å²) in [5, 5.41) is 7.44. The van der Waals surface area contributed by atoms with E-state index in [4.69, 9.17) is 23.2 Å². The molecule has 0 atom stereocenters. The molecule has 0 radical (unpaired) electrons. The molecule has 0 unspecified atom stereocenters. The number of hydrogen-bond acceptors (Lipinski definition) is 3. The molecule has 1 heterocycles. The zero-order valence-electron chi connectivity index (χ0n) is 14.9. The highest BCUT2D eigenvalue weighted by atomic mass is 35.5. The Labute approximate surface area is 162 Å². The third kappa shape index (κ3) is 4.86. The first-order chi connectivity index (χ1) is 12.2. The van der Waals surface area contributed by atoms with Gasteiger partial charge in [0.25, 0.3) is 0 Å². The minimum absolute atomic E-state index is 0.124. The van der Waals surface area contributed by atoms with Crippen molar-refractivity contribution in [3.63, 3.8) is 0 Å². The number of carbonyl (C=O) groups excluding carboxylic acids is 2. The summed E-state index contributed by atoms with van der Waals surface area (Å²) in [5.41, 5.74) is 5.69. The fraction of sp³-hybridized carbons (Fsp3) is 0.278. The van der Waals surface area contributed by atoms with Crippen molar-refractivity contribution < 1.29 is 9.59 Å². The summed E-state index contributed by atoms with van der Waals surface area (Å²) in [7, 11) is 0. The van der Waals surface area contributed by atoms with Gasteiger partial charge in [0, 0.05) is 38.7 Å². The predicted molar refractivity (Wildman–Crippen MR) is 104 cm³/mol. The van der Waals surface area contributed by atoms with Crippen molar-refractivity contribution in [1.29, 1.82) is 0 Å². The largest absolute Gasteiger partial charge is 0.346 e. The topological polar surface area (TPSA) is 75.5 Å². The summed E-state index contributed by atoms with van der Waals surface area (Å²) >= 11 is 12.2. The van der Waals surface area contributed by atoms with Crippen molar-refractivity contribution in [3.05, 3.63) is 51.3 Å². The lowest BCUT2D eigenvalue weighted by Gasteiger charge is -2.10. The van der Waals surface area contributed by atoms with Gasteiger partial charge >= 0.3 is 11.8 Å². The van der Waals surface area contributed by atoms with E-state index in [2.05, 4.69) is 15.8 Å². The van der Waals surface area contributed by atoms with E-state index in [0.717, 1.165) is 22.6 Å². The number of hydrazone groups is 1. The number of amides is 2. The maximum absolute atomic E-state index is 11.7. The quantitative estimate of drug-likeness (QED) is 0.473. The van der Waals surface area contributed by atoms with Crippen molar-refractivity contribution in [2.45, 2.75) is 33.7 Å². The number of halogens is 2. The molecule has 0 saturated heterocycles. The van der Waals surface area contributed by atoms with Crippen LogP contribution in [0.3, 0.4) is 0 Å². The van der Waals surface area contributed by atoms with Crippen LogP contribution in [0.1, 0.15) is 30.8 Å². The lowest BCUT2D eigenvalue weighted by atomic mass is 10.2. The molecule has 0 aliphatic heterocycles. The molecule has 1 aromatic carbocycles. The maximum Gasteiger partial charge on any atom is 0.329 e. The van der Waals surface area contributed by atoms with Gasteiger partial charge in [-0.2, -0.15) is 5.10 Å². The molecule has 0 bridgehead atoms. The number of aryl methyl sites for hydroxylation is 1. The van der Waals surface area contributed by atoms with E-state index >= 15 is 0 Å². The molecule has 0 spiro atoms. The fourth-order valence-electron chi connectivity index (χ4n) is 2.52. The second kappa shape index (κ2) is 8.38. The molecule has 6 nitrogen and oxygen atoms in total. The summed E-state index contributed by atoms with van der Waals surface area (Å²) in [5.74, 6) is -1.54. The predicted octanol–water partition coefficient (Wildman–Crippen LogP) is 3.38. The number of benzene rings is 1. The van der Waals surface area contributed by atoms with Gasteiger partial charge in [0.1, 0.15) is 0 Å². The standard InChI is InChI=1S/C18H20Cl2N4O2/c1-10(2)22-17(25)18(26)23-21-9-13-5-11(3)24(12(13)4)16-7-14(19)6-15(20)8-16/h5-10H,1-4H3,(H,22,25)(H,23,26)/b21-9-. The lowest BCUT2D eigenvalue weighted by molar-refractivity contribution is -0.139. The first kappa shape index (κ1) is 20.0. The summed E-state index contributed by atoms with van der Waals surface area (Å²) in [6.45, 7) is 7.39. The first-order valence-corrected chi connectivity index (χ1v) is 8.74. The Hall–Kier alpha value is -2.31. The van der Waals surface area contributed by atoms with Crippen LogP contribution < -0.4 is 10.7 Å². The third-order valence-electron chi connectivity index (χ3n) is 3.57. The molecule has 2 aromatic rings. The van der Waals surface area contributed by atoms with Crippen molar-refractivity contribution in [2.75, 3.05) is 0 Å². The van der Waals surface area contributed by atoms with E-state index in [1.807, 2.05) is 36.6 Å². The number of rotatable bonds is 4. The molecule has 0 aliphatic rings. The van der Waals surface area contributed by atoms with Crippen molar-refractivity contribution in [2.24, 2.45) is 5.10 Å². The van der Waals surface area contributed by atoms with Gasteiger partial charge in [-0.3, -0.25) is 9.59 Å². The Bertz CT molecular complexity index is 852. The van der Waals surface area contributed by atoms with Gasteiger partial charge in [-0.05, 0) is 52.0 Å². The van der Waals surface area contributed by atoms with E-state index in [9.17, 15) is 9.59 Å². The maximum atomic E-state index is 11.7. The number of nitrogens with zero attached hydrogens (tertiary/aromatic N) is 2. The Morgan fingerprint density at radius 2 is 1.69 bits per heavy atom. The number of hydrogen-bond donors (Lipinski definition) is 2. The van der Waals surface area contributed by atoms with Gasteiger partial charge in [-0.15, -0.1) is 0 Å². The Morgan fingerprint density at radius 3 is 2.27 bits per heavy atom. The zero-order chi connectivity index (χ0) is 19.4. The minimum atomic E-state index is -0.814. The van der Waals surface area contributed by atoms with E-state index in [-0.39, 0.29) is 6.04 Å². The molecule has 0 saturated carbocycles. The zero-order valence-corrected chi connectivity index (χ0v) is 16.4. The smallest absolute Gasteiger partial charge is 0.329 e. The first-order valence-electron chi connectivity index (χ1n) is 7.98. The van der Waals surface area contributed by atoms with Crippen molar-refractivity contribution in [3.8, 4) is 5.69 Å². The van der Waals surface area contributed by atoms with Crippen LogP contribution in [-0.2, 0) is 9.59 Å². The van der Waals surface area contributed by atoms with Crippen LogP contribution in [0.5, 0.6) is 0 Å². The van der Waals surface area contributed by atoms with Gasteiger partial charge in [0.15, 0.2) is 0 Å². The fourth-order valence-corrected chi connectivity index (χ4v) is 3.04. The van der Waals surface area contributed by atoms with Gasteiger partial charge in [-0.25, -0.2) is 5.43 Å². The normalized spacial score (nSPS) is 11.2. The molecule has 2 N–H and O–H groups in total. The number of carbonyl (C=O) groups is 2. The van der Waals surface area contributed by atoms with Crippen LogP contribution in [0.25, 0.3) is 5.69 Å². The second-order valence-electron chi connectivity index (χ2n) is 6.12. The molecule has 138 valence electrons. The highest BCUT2D eigenvalue weighted by Crippen LogP contribution is 2.25. The van der Waals surface area contributed by atoms with Gasteiger partial charge in [0.05, 0.1) is 6.21 Å². The monoisotopic (exact) mass is 394 g/mol. The third-order valence-corrected chi connectivity index (χ3v) is 4.01. The van der Waals surface area contributed by atoms with E-state index in [0.29, 0.717) is 10.0 Å². The number of nitrogens with one attached hydrogen (secondary N) is 2. The van der Waals surface area contributed by atoms with Crippen molar-refractivity contribution in [1.82, 2.24) is 15.3 Å². The summed E-state index contributed by atoms with van der Waals surface area (Å²) in [4.78, 5) is 23.2. The Morgan fingerprint density at radius 1 is 1.08 bits per heavy atom. The van der Waals surface area contributed by atoms with Gasteiger partial charge in [0.2, 0.25) is 0 Å². The van der Waals surface area contributed by atoms with E-state index in [1.165, 1.54) is 6.21 Å². The summed E-state index contributed by atoms with van der Waals surface area (Å²) in [6.07, 6.45) is 1.49. The molecular formula is C18H20Cl2N4O2. The van der Waals surface area contributed by atoms with Crippen LogP contribution in [0, 0.1) is 13.8 Å². The molecule has 2 rings (SSSR count). The van der Waals surface area contributed by atoms with Gasteiger partial charge in [-0.1, -0.05) is 23.2 Å². The molecule has 26 heavy (non-hydrogen) atoms. The highest BCUT2D eigenvalue weighted by Gasteiger charge is 2.14.